The fourth-order valence-electron chi connectivity index (χ4n) is 3.48. The average molecular weight is 333 g/mol. The summed E-state index contributed by atoms with van der Waals surface area (Å²) in [6, 6.07) is 8.45. The summed E-state index contributed by atoms with van der Waals surface area (Å²) in [5, 5.41) is 6.58. The van der Waals surface area contributed by atoms with Gasteiger partial charge in [-0.25, -0.2) is 0 Å². The zero-order valence-corrected chi connectivity index (χ0v) is 14.3. The number of para-hydroxylation sites is 1. The molecule has 2 N–H and O–H groups in total. The fraction of sp³-hybridized carbons (Fsp3) is 0.611. The first kappa shape index (κ1) is 17.2. The zero-order chi connectivity index (χ0) is 16.8. The Kier molecular flexibility index (Phi) is 6.07. The van der Waals surface area contributed by atoms with E-state index in [1.165, 1.54) is 0 Å². The van der Waals surface area contributed by atoms with E-state index in [4.69, 9.17) is 9.47 Å². The van der Waals surface area contributed by atoms with Crippen LogP contribution < -0.4 is 15.4 Å². The van der Waals surface area contributed by atoms with Gasteiger partial charge in [-0.1, -0.05) is 18.2 Å². The molecule has 2 fully saturated rings. The number of benzene rings is 1. The van der Waals surface area contributed by atoms with Gasteiger partial charge in [0.2, 0.25) is 5.91 Å². The third-order valence-electron chi connectivity index (χ3n) is 4.79. The van der Waals surface area contributed by atoms with Gasteiger partial charge in [0, 0.05) is 44.5 Å². The van der Waals surface area contributed by atoms with Crippen LogP contribution >= 0.6 is 0 Å². The summed E-state index contributed by atoms with van der Waals surface area (Å²) in [7, 11) is 1.69. The molecule has 1 amide bonds. The predicted octanol–water partition coefficient (Wildman–Crippen LogP) is 0.937. The van der Waals surface area contributed by atoms with Crippen LogP contribution in [0.1, 0.15) is 24.4 Å². The van der Waals surface area contributed by atoms with Crippen LogP contribution in [0, 0.1) is 0 Å². The van der Waals surface area contributed by atoms with Gasteiger partial charge in [-0.3, -0.25) is 9.69 Å². The van der Waals surface area contributed by atoms with Crippen LogP contribution in [-0.2, 0) is 9.53 Å². The first-order valence-electron chi connectivity index (χ1n) is 8.72. The Bertz CT molecular complexity index is 546. The van der Waals surface area contributed by atoms with E-state index in [9.17, 15) is 4.79 Å². The molecule has 1 atom stereocenters. The number of methoxy groups -OCH3 is 1. The number of amides is 1. The summed E-state index contributed by atoms with van der Waals surface area (Å²) < 4.78 is 10.9. The van der Waals surface area contributed by atoms with E-state index >= 15 is 0 Å². The molecule has 6 heteroatoms. The number of nitrogens with one attached hydrogen (secondary N) is 2. The minimum atomic E-state index is 0.101. The molecule has 24 heavy (non-hydrogen) atoms. The second kappa shape index (κ2) is 8.46. The number of rotatable bonds is 5. The maximum Gasteiger partial charge on any atom is 0.234 e. The summed E-state index contributed by atoms with van der Waals surface area (Å²) >= 11 is 0. The molecule has 1 aromatic rings. The van der Waals surface area contributed by atoms with Gasteiger partial charge in [-0.2, -0.15) is 0 Å². The standard InChI is InChI=1S/C18H27N3O3/c1-23-17-5-3-2-4-15(17)16-12-19-8-9-21(16)13-18(22)20-14-6-10-24-11-7-14/h2-5,14,16,19H,6-13H2,1H3,(H,20,22). The topological polar surface area (TPSA) is 62.8 Å². The predicted molar refractivity (Wildman–Crippen MR) is 92.2 cm³/mol. The minimum absolute atomic E-state index is 0.101. The number of carbonyl (C=O) groups excluding carboxylic acids is 1. The van der Waals surface area contributed by atoms with E-state index in [2.05, 4.69) is 21.6 Å². The van der Waals surface area contributed by atoms with Crippen LogP contribution in [0.4, 0.5) is 0 Å². The normalized spacial score (nSPS) is 23.0. The molecular formula is C18H27N3O3. The second-order valence-electron chi connectivity index (χ2n) is 6.39. The van der Waals surface area contributed by atoms with Crippen LogP contribution in [0.2, 0.25) is 0 Å². The van der Waals surface area contributed by atoms with Crippen LogP contribution in [0.3, 0.4) is 0 Å². The maximum absolute atomic E-state index is 12.5. The van der Waals surface area contributed by atoms with Crippen LogP contribution in [0.5, 0.6) is 5.75 Å². The smallest absolute Gasteiger partial charge is 0.234 e. The van der Waals surface area contributed by atoms with Crippen molar-refractivity contribution in [2.24, 2.45) is 0 Å². The van der Waals surface area contributed by atoms with E-state index in [1.54, 1.807) is 7.11 Å². The molecule has 6 nitrogen and oxygen atoms in total. The van der Waals surface area contributed by atoms with E-state index in [0.29, 0.717) is 6.54 Å². The monoisotopic (exact) mass is 333 g/mol. The highest BCUT2D eigenvalue weighted by Crippen LogP contribution is 2.29. The number of carbonyl (C=O) groups is 1. The van der Waals surface area contributed by atoms with Gasteiger partial charge >= 0.3 is 0 Å². The molecule has 132 valence electrons. The van der Waals surface area contributed by atoms with Gasteiger partial charge < -0.3 is 20.1 Å². The number of piperazine rings is 1. The van der Waals surface area contributed by atoms with Crippen LogP contribution in [0.25, 0.3) is 0 Å². The van der Waals surface area contributed by atoms with Gasteiger partial charge in [0.1, 0.15) is 5.75 Å². The fourth-order valence-corrected chi connectivity index (χ4v) is 3.48. The third kappa shape index (κ3) is 4.26. The van der Waals surface area contributed by atoms with E-state index in [-0.39, 0.29) is 18.0 Å². The first-order valence-corrected chi connectivity index (χ1v) is 8.72. The van der Waals surface area contributed by atoms with Crippen molar-refractivity contribution in [2.45, 2.75) is 24.9 Å². The van der Waals surface area contributed by atoms with Crippen molar-refractivity contribution in [3.63, 3.8) is 0 Å². The van der Waals surface area contributed by atoms with Crippen LogP contribution in [-0.4, -0.2) is 63.4 Å². The van der Waals surface area contributed by atoms with Crippen molar-refractivity contribution in [3.05, 3.63) is 29.8 Å². The van der Waals surface area contributed by atoms with Gasteiger partial charge in [0.15, 0.2) is 0 Å². The SMILES string of the molecule is COc1ccccc1C1CNCCN1CC(=O)NC1CCOCC1. The van der Waals surface area contributed by atoms with Crippen molar-refractivity contribution in [1.29, 1.82) is 0 Å². The molecule has 0 saturated carbocycles. The molecular weight excluding hydrogens is 306 g/mol. The highest BCUT2D eigenvalue weighted by atomic mass is 16.5. The van der Waals surface area contributed by atoms with Gasteiger partial charge in [-0.05, 0) is 18.9 Å². The summed E-state index contributed by atoms with van der Waals surface area (Å²) in [6.07, 6.45) is 1.81. The Morgan fingerprint density at radius 3 is 2.96 bits per heavy atom. The molecule has 0 aromatic heterocycles. The Labute approximate surface area is 143 Å². The highest BCUT2D eigenvalue weighted by molar-refractivity contribution is 5.78. The Balaban J connectivity index is 1.64. The minimum Gasteiger partial charge on any atom is -0.496 e. The van der Waals surface area contributed by atoms with Crippen molar-refractivity contribution in [2.75, 3.05) is 46.5 Å². The van der Waals surface area contributed by atoms with Crippen molar-refractivity contribution >= 4 is 5.91 Å². The second-order valence-corrected chi connectivity index (χ2v) is 6.39. The van der Waals surface area contributed by atoms with E-state index < -0.39 is 0 Å². The van der Waals surface area contributed by atoms with E-state index in [0.717, 1.165) is 57.0 Å². The lowest BCUT2D eigenvalue weighted by Gasteiger charge is -2.37. The Morgan fingerprint density at radius 1 is 1.38 bits per heavy atom. The van der Waals surface area contributed by atoms with E-state index in [1.807, 2.05) is 18.2 Å². The largest absolute Gasteiger partial charge is 0.496 e. The lowest BCUT2D eigenvalue weighted by atomic mass is 10.0. The zero-order valence-electron chi connectivity index (χ0n) is 14.3. The summed E-state index contributed by atoms with van der Waals surface area (Å²) in [4.78, 5) is 14.7. The number of nitrogens with zero attached hydrogens (tertiary/aromatic N) is 1. The lowest BCUT2D eigenvalue weighted by molar-refractivity contribution is -0.124. The Hall–Kier alpha value is -1.63. The maximum atomic E-state index is 12.5. The molecule has 0 aliphatic carbocycles. The molecule has 0 bridgehead atoms. The van der Waals surface area contributed by atoms with Gasteiger partial charge in [-0.15, -0.1) is 0 Å². The molecule has 2 heterocycles. The third-order valence-corrected chi connectivity index (χ3v) is 4.79. The number of ether oxygens (including phenoxy) is 2. The van der Waals surface area contributed by atoms with Gasteiger partial charge in [0.25, 0.3) is 0 Å². The van der Waals surface area contributed by atoms with Crippen molar-refractivity contribution in [3.8, 4) is 5.75 Å². The molecule has 2 saturated heterocycles. The summed E-state index contributed by atoms with van der Waals surface area (Å²) in [5.41, 5.74) is 1.13. The molecule has 1 aromatic carbocycles. The highest BCUT2D eigenvalue weighted by Gasteiger charge is 2.28. The average Bonchev–Trinajstić information content (AvgIpc) is 2.63. The molecule has 1 unspecified atom stereocenters. The molecule has 2 aliphatic rings. The quantitative estimate of drug-likeness (QED) is 0.840. The number of hydrogen-bond acceptors (Lipinski definition) is 5. The lowest BCUT2D eigenvalue weighted by Crippen LogP contribution is -2.51. The number of hydrogen-bond donors (Lipinski definition) is 2. The molecule has 2 aliphatic heterocycles. The van der Waals surface area contributed by atoms with Crippen molar-refractivity contribution < 1.29 is 14.3 Å². The van der Waals surface area contributed by atoms with Crippen LogP contribution in [0.15, 0.2) is 24.3 Å². The molecule has 0 spiro atoms. The molecule has 0 radical (unpaired) electrons. The van der Waals surface area contributed by atoms with Gasteiger partial charge in [0.05, 0.1) is 19.7 Å². The van der Waals surface area contributed by atoms with Crippen molar-refractivity contribution in [1.82, 2.24) is 15.5 Å². The summed E-state index contributed by atoms with van der Waals surface area (Å²) in [6.45, 7) is 4.47. The molecule has 3 rings (SSSR count). The Morgan fingerprint density at radius 2 is 2.17 bits per heavy atom. The first-order chi connectivity index (χ1) is 11.8. The summed E-state index contributed by atoms with van der Waals surface area (Å²) in [5.74, 6) is 0.977.